The van der Waals surface area contributed by atoms with Crippen molar-refractivity contribution in [1.82, 2.24) is 20.7 Å². The summed E-state index contributed by atoms with van der Waals surface area (Å²) in [6.45, 7) is 5.45. The summed E-state index contributed by atoms with van der Waals surface area (Å²) >= 11 is 11.7. The number of aliphatic hydroxyl groups is 1. The Balaban J connectivity index is 1.30. The normalized spacial score (nSPS) is 16.4. The van der Waals surface area contributed by atoms with E-state index in [2.05, 4.69) is 15.8 Å². The van der Waals surface area contributed by atoms with Gasteiger partial charge in [0.1, 0.15) is 18.4 Å². The molecule has 2 aromatic rings. The number of β-amino-alcohol motifs (C(OH)–C–C–N with tert-alkyl or cyclic N) is 1. The topological polar surface area (TPSA) is 171 Å². The van der Waals surface area contributed by atoms with Crippen molar-refractivity contribution in [2.24, 2.45) is 0 Å². The number of carbonyl (C=O) groups is 3. The van der Waals surface area contributed by atoms with Gasteiger partial charge in [-0.25, -0.2) is 4.79 Å². The summed E-state index contributed by atoms with van der Waals surface area (Å²) in [4.78, 5) is 40.2. The van der Waals surface area contributed by atoms with Crippen molar-refractivity contribution in [2.45, 2.75) is 63.6 Å². The molecule has 0 spiro atoms. The SMILES string of the molecule is Cc1cc(CC(=O)N2C[C@@H](O)C[C@H]2C(=O)N[C@@H](COC(=O)NCCOCCOCCOCCOCCCCCCCl)c2ccc(Cl)cc2)on1. The molecule has 50 heavy (non-hydrogen) atoms. The number of aliphatic hydroxyl groups excluding tert-OH is 1. The molecule has 3 amide bonds. The van der Waals surface area contributed by atoms with E-state index in [1.165, 1.54) is 4.90 Å². The van der Waals surface area contributed by atoms with Gasteiger partial charge in [-0.15, -0.1) is 11.6 Å². The third-order valence-electron chi connectivity index (χ3n) is 7.68. The van der Waals surface area contributed by atoms with Gasteiger partial charge in [-0.3, -0.25) is 9.59 Å². The maximum Gasteiger partial charge on any atom is 0.407 e. The van der Waals surface area contributed by atoms with Crippen LogP contribution in [-0.2, 0) is 39.7 Å². The lowest BCUT2D eigenvalue weighted by Gasteiger charge is -2.26. The molecule has 1 aromatic heterocycles. The Morgan fingerprint density at radius 2 is 1.60 bits per heavy atom. The summed E-state index contributed by atoms with van der Waals surface area (Å²) in [6.07, 6.45) is 2.75. The highest BCUT2D eigenvalue weighted by molar-refractivity contribution is 6.30. The first-order valence-corrected chi connectivity index (χ1v) is 17.9. The van der Waals surface area contributed by atoms with Gasteiger partial charge >= 0.3 is 6.09 Å². The van der Waals surface area contributed by atoms with Crippen molar-refractivity contribution < 1.29 is 47.7 Å². The minimum absolute atomic E-state index is 0.00384. The second-order valence-electron chi connectivity index (χ2n) is 11.8. The van der Waals surface area contributed by atoms with Crippen molar-refractivity contribution >= 4 is 41.1 Å². The molecule has 3 rings (SSSR count). The molecule has 1 aliphatic heterocycles. The van der Waals surface area contributed by atoms with Crippen LogP contribution in [0.2, 0.25) is 5.02 Å². The fourth-order valence-electron chi connectivity index (χ4n) is 5.12. The van der Waals surface area contributed by atoms with Gasteiger partial charge in [-0.1, -0.05) is 41.7 Å². The van der Waals surface area contributed by atoms with Crippen LogP contribution in [0.5, 0.6) is 0 Å². The Morgan fingerprint density at radius 1 is 0.960 bits per heavy atom. The number of aromatic nitrogens is 1. The zero-order valence-electron chi connectivity index (χ0n) is 28.6. The number of aryl methyl sites for hydroxylation is 1. The molecule has 1 fully saturated rings. The maximum absolute atomic E-state index is 13.4. The van der Waals surface area contributed by atoms with Crippen LogP contribution in [0.15, 0.2) is 34.9 Å². The third kappa shape index (κ3) is 16.4. The van der Waals surface area contributed by atoms with Crippen molar-refractivity contribution in [3.63, 3.8) is 0 Å². The van der Waals surface area contributed by atoms with Crippen LogP contribution >= 0.6 is 23.2 Å². The minimum atomic E-state index is -0.926. The molecule has 0 aliphatic carbocycles. The molecule has 1 aromatic carbocycles. The van der Waals surface area contributed by atoms with Crippen LogP contribution in [-0.4, -0.2) is 124 Å². The smallest absolute Gasteiger partial charge is 0.407 e. The molecule has 16 heteroatoms. The van der Waals surface area contributed by atoms with Crippen LogP contribution in [0, 0.1) is 6.92 Å². The quantitative estimate of drug-likeness (QED) is 0.100. The number of benzene rings is 1. The van der Waals surface area contributed by atoms with Crippen LogP contribution in [0.1, 0.15) is 55.2 Å². The highest BCUT2D eigenvalue weighted by Crippen LogP contribution is 2.23. The van der Waals surface area contributed by atoms with E-state index >= 15 is 0 Å². The van der Waals surface area contributed by atoms with Gasteiger partial charge in [-0.2, -0.15) is 0 Å². The average molecular weight is 746 g/mol. The van der Waals surface area contributed by atoms with Gasteiger partial charge in [0.2, 0.25) is 11.8 Å². The number of likely N-dealkylation sites (tertiary alicyclic amines) is 1. The predicted octanol–water partition coefficient (Wildman–Crippen LogP) is 3.59. The van der Waals surface area contributed by atoms with Gasteiger partial charge in [0, 0.05) is 43.1 Å². The third-order valence-corrected chi connectivity index (χ3v) is 8.20. The fraction of sp³-hybridized carbons (Fsp3) is 0.647. The molecule has 0 radical (unpaired) electrons. The molecule has 1 aliphatic rings. The molecule has 280 valence electrons. The first-order valence-electron chi connectivity index (χ1n) is 17.0. The number of hydrogen-bond acceptors (Lipinski definition) is 11. The highest BCUT2D eigenvalue weighted by Gasteiger charge is 2.39. The number of ether oxygens (including phenoxy) is 5. The van der Waals surface area contributed by atoms with E-state index in [0.717, 1.165) is 32.3 Å². The van der Waals surface area contributed by atoms with Crippen molar-refractivity contribution in [3.8, 4) is 0 Å². The first kappa shape index (κ1) is 41.4. The molecular weight excluding hydrogens is 695 g/mol. The Kier molecular flexibility index (Phi) is 20.1. The summed E-state index contributed by atoms with van der Waals surface area (Å²) in [7, 11) is 0. The van der Waals surface area contributed by atoms with E-state index in [4.69, 9.17) is 51.4 Å². The lowest BCUT2D eigenvalue weighted by molar-refractivity contribution is -0.138. The fourth-order valence-corrected chi connectivity index (χ4v) is 5.44. The molecule has 1 saturated heterocycles. The number of carbonyl (C=O) groups excluding carboxylic acids is 3. The van der Waals surface area contributed by atoms with Crippen LogP contribution < -0.4 is 10.6 Å². The lowest BCUT2D eigenvalue weighted by Crippen LogP contribution is -2.48. The van der Waals surface area contributed by atoms with E-state index in [9.17, 15) is 19.5 Å². The van der Waals surface area contributed by atoms with E-state index in [-0.39, 0.29) is 45.1 Å². The van der Waals surface area contributed by atoms with Gasteiger partial charge in [0.25, 0.3) is 0 Å². The Bertz CT molecular complexity index is 1270. The Labute approximate surface area is 303 Å². The van der Waals surface area contributed by atoms with Crippen molar-refractivity contribution in [3.05, 3.63) is 52.4 Å². The number of hydrogen-bond donors (Lipinski definition) is 3. The standard InChI is InChI=1S/C34H50Cl2N4O10/c1-25-20-29(50-39-25)22-32(42)40-23-28(41)21-31(40)33(43)38-30(26-6-8-27(36)9-7-26)24-49-34(44)37-11-13-46-15-17-48-19-18-47-16-14-45-12-5-3-2-4-10-35/h6-9,20,28,30-31,41H,2-5,10-19,21-24H2,1H3,(H,37,44)(H,38,43)/t28-,30-,31-/m0/s1. The number of nitrogens with zero attached hydrogens (tertiary/aromatic N) is 2. The average Bonchev–Trinajstić information content (AvgIpc) is 3.70. The van der Waals surface area contributed by atoms with Gasteiger partial charge in [0.15, 0.2) is 0 Å². The van der Waals surface area contributed by atoms with E-state index in [1.54, 1.807) is 37.3 Å². The van der Waals surface area contributed by atoms with Crippen molar-refractivity contribution in [1.29, 1.82) is 0 Å². The van der Waals surface area contributed by atoms with Crippen LogP contribution in [0.4, 0.5) is 4.79 Å². The summed E-state index contributed by atoms with van der Waals surface area (Å²) < 4.78 is 32.5. The largest absolute Gasteiger partial charge is 0.447 e. The van der Waals surface area contributed by atoms with Crippen molar-refractivity contribution in [2.75, 3.05) is 78.4 Å². The van der Waals surface area contributed by atoms with Crippen LogP contribution in [0.3, 0.4) is 0 Å². The predicted molar refractivity (Wildman–Crippen MR) is 185 cm³/mol. The second-order valence-corrected chi connectivity index (χ2v) is 12.6. The summed E-state index contributed by atoms with van der Waals surface area (Å²) in [5.74, 6) is 0.203. The number of rotatable bonds is 25. The van der Waals surface area contributed by atoms with Gasteiger partial charge < -0.3 is 48.8 Å². The molecular formula is C34H50Cl2N4O10. The Morgan fingerprint density at radius 3 is 2.24 bits per heavy atom. The summed E-state index contributed by atoms with van der Waals surface area (Å²) in [5.41, 5.74) is 1.27. The zero-order chi connectivity index (χ0) is 36.0. The number of alkyl halides is 1. The second kappa shape index (κ2) is 24.2. The lowest BCUT2D eigenvalue weighted by atomic mass is 10.1. The molecule has 14 nitrogen and oxygen atoms in total. The number of halogens is 2. The summed E-state index contributed by atoms with van der Waals surface area (Å²) in [5, 5.41) is 20.1. The summed E-state index contributed by atoms with van der Waals surface area (Å²) in [6, 6.07) is 6.69. The molecule has 0 saturated carbocycles. The van der Waals surface area contributed by atoms with E-state index in [1.807, 2.05) is 0 Å². The molecule has 0 unspecified atom stereocenters. The number of unbranched alkanes of at least 4 members (excludes halogenated alkanes) is 3. The van der Waals surface area contributed by atoms with Gasteiger partial charge in [0.05, 0.1) is 70.5 Å². The zero-order valence-corrected chi connectivity index (χ0v) is 30.1. The monoisotopic (exact) mass is 744 g/mol. The minimum Gasteiger partial charge on any atom is -0.447 e. The number of nitrogens with one attached hydrogen (secondary N) is 2. The first-order chi connectivity index (χ1) is 24.3. The number of alkyl carbamates (subject to hydrolysis) is 1. The molecule has 0 bridgehead atoms. The molecule has 2 heterocycles. The molecule has 3 N–H and O–H groups in total. The van der Waals surface area contributed by atoms with Gasteiger partial charge in [-0.05, 0) is 37.5 Å². The van der Waals surface area contributed by atoms with E-state index in [0.29, 0.717) is 67.6 Å². The maximum atomic E-state index is 13.4. The Hall–Kier alpha value is -2.98. The van der Waals surface area contributed by atoms with E-state index < -0.39 is 30.2 Å². The highest BCUT2D eigenvalue weighted by atomic mass is 35.5. The number of amides is 3. The molecule has 3 atom stereocenters. The van der Waals surface area contributed by atoms with Crippen LogP contribution in [0.25, 0.3) is 0 Å².